The van der Waals surface area contributed by atoms with Gasteiger partial charge in [0.25, 0.3) is 0 Å². The van der Waals surface area contributed by atoms with E-state index >= 15 is 0 Å². The van der Waals surface area contributed by atoms with E-state index in [9.17, 15) is 4.39 Å². The average Bonchev–Trinajstić information content (AvgIpc) is 3.05. The lowest BCUT2D eigenvalue weighted by Gasteiger charge is -2.19. The molecule has 1 aliphatic rings. The number of alkyl halides is 1. The number of para-hydroxylation sites is 1. The van der Waals surface area contributed by atoms with Crippen molar-refractivity contribution in [2.45, 2.75) is 44.7 Å². The molecular formula is C16H20ClFN2O. The molecule has 1 aliphatic heterocycles. The molecule has 5 heteroatoms. The summed E-state index contributed by atoms with van der Waals surface area (Å²) in [6.07, 6.45) is 2.30. The highest BCUT2D eigenvalue weighted by molar-refractivity contribution is 6.20. The van der Waals surface area contributed by atoms with Crippen LogP contribution in [0.1, 0.15) is 37.9 Å². The van der Waals surface area contributed by atoms with Crippen molar-refractivity contribution in [3.05, 3.63) is 29.8 Å². The van der Waals surface area contributed by atoms with Gasteiger partial charge in [-0.2, -0.15) is 0 Å². The first kappa shape index (κ1) is 14.8. The Morgan fingerprint density at radius 1 is 1.52 bits per heavy atom. The molecule has 1 fully saturated rings. The number of halogens is 2. The van der Waals surface area contributed by atoms with Crippen molar-refractivity contribution < 1.29 is 9.13 Å². The van der Waals surface area contributed by atoms with Crippen LogP contribution >= 0.6 is 11.6 Å². The van der Waals surface area contributed by atoms with Gasteiger partial charge in [-0.1, -0.05) is 13.0 Å². The highest BCUT2D eigenvalue weighted by Crippen LogP contribution is 2.31. The fraction of sp³-hybridized carbons (Fsp3) is 0.562. The minimum atomic E-state index is -0.292. The number of hydrogen-bond acceptors (Lipinski definition) is 2. The molecule has 3 atom stereocenters. The van der Waals surface area contributed by atoms with E-state index < -0.39 is 0 Å². The van der Waals surface area contributed by atoms with Crippen LogP contribution in [0.5, 0.6) is 0 Å². The molecule has 3 unspecified atom stereocenters. The SMILES string of the molecule is CCC1OCCC1Cn1c(C(C)Cl)nc2c(F)cccc21. The number of benzene rings is 1. The third-order valence-electron chi connectivity index (χ3n) is 4.28. The molecular weight excluding hydrogens is 291 g/mol. The van der Waals surface area contributed by atoms with Crippen molar-refractivity contribution in [1.82, 2.24) is 9.55 Å². The molecule has 3 rings (SSSR count). The predicted octanol–water partition coefficient (Wildman–Crippen LogP) is 4.29. The summed E-state index contributed by atoms with van der Waals surface area (Å²) in [4.78, 5) is 4.42. The molecule has 0 saturated carbocycles. The van der Waals surface area contributed by atoms with Crippen LogP contribution in [-0.2, 0) is 11.3 Å². The zero-order valence-corrected chi connectivity index (χ0v) is 13.1. The molecule has 0 spiro atoms. The summed E-state index contributed by atoms with van der Waals surface area (Å²) in [6.45, 7) is 5.60. The summed E-state index contributed by atoms with van der Waals surface area (Å²) in [5.74, 6) is 0.878. The summed E-state index contributed by atoms with van der Waals surface area (Å²) in [7, 11) is 0. The van der Waals surface area contributed by atoms with Gasteiger partial charge in [0.2, 0.25) is 0 Å². The number of rotatable bonds is 4. The van der Waals surface area contributed by atoms with Crippen molar-refractivity contribution >= 4 is 22.6 Å². The summed E-state index contributed by atoms with van der Waals surface area (Å²) in [6, 6.07) is 5.07. The molecule has 3 nitrogen and oxygen atoms in total. The zero-order valence-electron chi connectivity index (χ0n) is 12.4. The topological polar surface area (TPSA) is 27.1 Å². The lowest BCUT2D eigenvalue weighted by atomic mass is 9.99. The molecule has 0 amide bonds. The normalized spacial score (nSPS) is 23.8. The Balaban J connectivity index is 2.03. The fourth-order valence-corrected chi connectivity index (χ4v) is 3.38. The van der Waals surface area contributed by atoms with Crippen molar-refractivity contribution in [2.24, 2.45) is 5.92 Å². The number of nitrogens with zero attached hydrogens (tertiary/aromatic N) is 2. The Labute approximate surface area is 129 Å². The minimum Gasteiger partial charge on any atom is -0.378 e. The van der Waals surface area contributed by atoms with Gasteiger partial charge in [0.1, 0.15) is 11.3 Å². The maximum atomic E-state index is 14.0. The third-order valence-corrected chi connectivity index (χ3v) is 4.48. The smallest absolute Gasteiger partial charge is 0.151 e. The summed E-state index contributed by atoms with van der Waals surface area (Å²) in [5.41, 5.74) is 1.23. The lowest BCUT2D eigenvalue weighted by Crippen LogP contribution is -2.21. The second kappa shape index (κ2) is 5.93. The molecule has 0 radical (unpaired) electrons. The van der Waals surface area contributed by atoms with E-state index in [0.29, 0.717) is 11.4 Å². The number of hydrogen-bond donors (Lipinski definition) is 0. The quantitative estimate of drug-likeness (QED) is 0.788. The van der Waals surface area contributed by atoms with Crippen LogP contribution in [0.3, 0.4) is 0 Å². The molecule has 2 aromatic rings. The maximum absolute atomic E-state index is 14.0. The van der Waals surface area contributed by atoms with Crippen molar-refractivity contribution in [3.63, 3.8) is 0 Å². The monoisotopic (exact) mass is 310 g/mol. The highest BCUT2D eigenvalue weighted by Gasteiger charge is 2.29. The molecule has 114 valence electrons. The summed E-state index contributed by atoms with van der Waals surface area (Å²) in [5, 5.41) is -0.251. The van der Waals surface area contributed by atoms with Crippen LogP contribution in [0.2, 0.25) is 0 Å². The predicted molar refractivity (Wildman–Crippen MR) is 82.1 cm³/mol. The van der Waals surface area contributed by atoms with Gasteiger partial charge >= 0.3 is 0 Å². The van der Waals surface area contributed by atoms with Gasteiger partial charge in [0.05, 0.1) is 17.0 Å². The van der Waals surface area contributed by atoms with Crippen LogP contribution in [-0.4, -0.2) is 22.3 Å². The van der Waals surface area contributed by atoms with Crippen LogP contribution in [0.15, 0.2) is 18.2 Å². The van der Waals surface area contributed by atoms with Crippen molar-refractivity contribution in [1.29, 1.82) is 0 Å². The Morgan fingerprint density at radius 3 is 3.05 bits per heavy atom. The minimum absolute atomic E-state index is 0.251. The first-order valence-corrected chi connectivity index (χ1v) is 7.95. The molecule has 1 aromatic carbocycles. The van der Waals surface area contributed by atoms with E-state index in [1.807, 2.05) is 13.0 Å². The van der Waals surface area contributed by atoms with E-state index in [0.717, 1.165) is 37.3 Å². The van der Waals surface area contributed by atoms with Crippen molar-refractivity contribution in [2.75, 3.05) is 6.61 Å². The average molecular weight is 311 g/mol. The molecule has 0 bridgehead atoms. The van der Waals surface area contributed by atoms with Crippen LogP contribution in [0.25, 0.3) is 11.0 Å². The molecule has 2 heterocycles. The Hall–Kier alpha value is -1.13. The zero-order chi connectivity index (χ0) is 15.0. The summed E-state index contributed by atoms with van der Waals surface area (Å²) < 4.78 is 21.8. The van der Waals surface area contributed by atoms with Gasteiger partial charge in [-0.05, 0) is 31.9 Å². The molecule has 1 aromatic heterocycles. The van der Waals surface area contributed by atoms with Crippen LogP contribution in [0, 0.1) is 11.7 Å². The van der Waals surface area contributed by atoms with Crippen molar-refractivity contribution in [3.8, 4) is 0 Å². The maximum Gasteiger partial charge on any atom is 0.151 e. The molecule has 0 N–H and O–H groups in total. The molecule has 1 saturated heterocycles. The fourth-order valence-electron chi connectivity index (χ4n) is 3.21. The van der Waals surface area contributed by atoms with Gasteiger partial charge in [0, 0.05) is 19.1 Å². The Kier molecular flexibility index (Phi) is 4.18. The van der Waals surface area contributed by atoms with Gasteiger partial charge in [-0.15, -0.1) is 11.6 Å². The standard InChI is InChI=1S/C16H20ClFN2O/c1-3-14-11(7-8-21-14)9-20-13-6-4-5-12(18)15(13)19-16(20)10(2)17/h4-6,10-11,14H,3,7-9H2,1-2H3. The number of aromatic nitrogens is 2. The van der Waals surface area contributed by atoms with Gasteiger partial charge in [-0.3, -0.25) is 0 Å². The number of fused-ring (bicyclic) bond motifs is 1. The van der Waals surface area contributed by atoms with Crippen LogP contribution < -0.4 is 0 Å². The van der Waals surface area contributed by atoms with Crippen LogP contribution in [0.4, 0.5) is 4.39 Å². The third kappa shape index (κ3) is 2.67. The second-order valence-corrected chi connectivity index (χ2v) is 6.33. The van der Waals surface area contributed by atoms with E-state index in [4.69, 9.17) is 16.3 Å². The first-order chi connectivity index (χ1) is 10.1. The molecule has 0 aliphatic carbocycles. The number of imidazole rings is 1. The largest absolute Gasteiger partial charge is 0.378 e. The highest BCUT2D eigenvalue weighted by atomic mass is 35.5. The lowest BCUT2D eigenvalue weighted by molar-refractivity contribution is 0.0835. The first-order valence-electron chi connectivity index (χ1n) is 7.52. The van der Waals surface area contributed by atoms with E-state index in [1.165, 1.54) is 6.07 Å². The number of ether oxygens (including phenoxy) is 1. The Morgan fingerprint density at radius 2 is 2.33 bits per heavy atom. The van der Waals surface area contributed by atoms with E-state index in [2.05, 4.69) is 16.5 Å². The Bertz CT molecular complexity index is 640. The van der Waals surface area contributed by atoms with Gasteiger partial charge in [0.15, 0.2) is 5.82 Å². The van der Waals surface area contributed by atoms with Gasteiger partial charge < -0.3 is 9.30 Å². The molecule has 21 heavy (non-hydrogen) atoms. The van der Waals surface area contributed by atoms with E-state index in [-0.39, 0.29) is 17.3 Å². The second-order valence-electron chi connectivity index (χ2n) is 5.67. The van der Waals surface area contributed by atoms with Gasteiger partial charge in [-0.25, -0.2) is 9.37 Å². The van der Waals surface area contributed by atoms with E-state index in [1.54, 1.807) is 6.07 Å². The summed E-state index contributed by atoms with van der Waals surface area (Å²) >= 11 is 6.25.